The fraction of sp³-hybridized carbons (Fsp3) is 0.176. The summed E-state index contributed by atoms with van der Waals surface area (Å²) in [6, 6.07) is 31.8. The van der Waals surface area contributed by atoms with Crippen molar-refractivity contribution in [2.45, 2.75) is 33.4 Å². The first-order valence-corrected chi connectivity index (χ1v) is 13.3. The van der Waals surface area contributed by atoms with Gasteiger partial charge in [0.1, 0.15) is 18.1 Å². The maximum Gasteiger partial charge on any atom is 0.310 e. The SMILES string of the molecule is CCOC(=O)Cc1cn(Cc2ccc(OCc3ccccc3)cc2)c2cc(-c3cccc(OC(C)=O)c3)ccc12. The Labute approximate surface area is 233 Å². The fourth-order valence-electron chi connectivity index (χ4n) is 4.72. The molecule has 1 heterocycles. The Morgan fingerprint density at radius 3 is 2.30 bits per heavy atom. The van der Waals surface area contributed by atoms with Gasteiger partial charge in [0.15, 0.2) is 0 Å². The Morgan fingerprint density at radius 2 is 1.55 bits per heavy atom. The average molecular weight is 534 g/mol. The van der Waals surface area contributed by atoms with Crippen LogP contribution in [0.2, 0.25) is 0 Å². The van der Waals surface area contributed by atoms with Crippen LogP contribution in [0.4, 0.5) is 0 Å². The van der Waals surface area contributed by atoms with E-state index in [0.29, 0.717) is 25.5 Å². The zero-order valence-electron chi connectivity index (χ0n) is 22.6. The van der Waals surface area contributed by atoms with E-state index in [4.69, 9.17) is 14.2 Å². The summed E-state index contributed by atoms with van der Waals surface area (Å²) in [6.45, 7) is 4.68. The molecule has 0 saturated carbocycles. The van der Waals surface area contributed by atoms with E-state index in [1.807, 2.05) is 85.9 Å². The normalized spacial score (nSPS) is 10.8. The molecule has 6 heteroatoms. The molecule has 40 heavy (non-hydrogen) atoms. The summed E-state index contributed by atoms with van der Waals surface area (Å²) in [7, 11) is 0. The van der Waals surface area contributed by atoms with Crippen LogP contribution in [-0.4, -0.2) is 23.1 Å². The summed E-state index contributed by atoms with van der Waals surface area (Å²) in [5, 5.41) is 0.996. The summed E-state index contributed by atoms with van der Waals surface area (Å²) < 4.78 is 18.6. The fourth-order valence-corrected chi connectivity index (χ4v) is 4.72. The molecule has 0 aliphatic rings. The third-order valence-electron chi connectivity index (χ3n) is 6.56. The molecule has 5 rings (SSSR count). The predicted molar refractivity (Wildman–Crippen MR) is 155 cm³/mol. The quantitative estimate of drug-likeness (QED) is 0.143. The van der Waals surface area contributed by atoms with E-state index in [0.717, 1.165) is 44.5 Å². The van der Waals surface area contributed by atoms with Crippen LogP contribution in [0.3, 0.4) is 0 Å². The second-order valence-corrected chi connectivity index (χ2v) is 9.54. The molecule has 4 aromatic carbocycles. The third-order valence-corrected chi connectivity index (χ3v) is 6.56. The second kappa shape index (κ2) is 12.3. The van der Waals surface area contributed by atoms with E-state index in [1.165, 1.54) is 6.92 Å². The summed E-state index contributed by atoms with van der Waals surface area (Å²) in [6.07, 6.45) is 2.23. The van der Waals surface area contributed by atoms with Crippen LogP contribution in [0.5, 0.6) is 11.5 Å². The molecule has 0 saturated heterocycles. The van der Waals surface area contributed by atoms with Gasteiger partial charge in [0.05, 0.1) is 13.0 Å². The molecule has 5 aromatic rings. The van der Waals surface area contributed by atoms with Crippen LogP contribution in [0.15, 0.2) is 103 Å². The lowest BCUT2D eigenvalue weighted by Gasteiger charge is -2.10. The van der Waals surface area contributed by atoms with Crippen LogP contribution in [0.25, 0.3) is 22.0 Å². The molecular weight excluding hydrogens is 502 g/mol. The number of nitrogens with zero attached hydrogens (tertiary/aromatic N) is 1. The number of aromatic nitrogens is 1. The molecule has 0 aliphatic heterocycles. The second-order valence-electron chi connectivity index (χ2n) is 9.54. The molecule has 0 aliphatic carbocycles. The van der Waals surface area contributed by atoms with E-state index in [9.17, 15) is 9.59 Å². The van der Waals surface area contributed by atoms with Crippen molar-refractivity contribution in [3.63, 3.8) is 0 Å². The number of hydrogen-bond donors (Lipinski definition) is 0. The summed E-state index contributed by atoms with van der Waals surface area (Å²) >= 11 is 0. The highest BCUT2D eigenvalue weighted by Crippen LogP contribution is 2.31. The predicted octanol–water partition coefficient (Wildman–Crippen LogP) is 6.97. The van der Waals surface area contributed by atoms with Gasteiger partial charge in [0, 0.05) is 30.6 Å². The summed E-state index contributed by atoms with van der Waals surface area (Å²) in [5.41, 5.74) is 6.05. The zero-order valence-corrected chi connectivity index (χ0v) is 22.6. The van der Waals surface area contributed by atoms with E-state index in [2.05, 4.69) is 22.8 Å². The molecule has 0 bridgehead atoms. The third kappa shape index (κ3) is 6.59. The number of carbonyl (C=O) groups is 2. The highest BCUT2D eigenvalue weighted by molar-refractivity contribution is 5.91. The van der Waals surface area contributed by atoms with Gasteiger partial charge >= 0.3 is 11.9 Å². The van der Waals surface area contributed by atoms with Gasteiger partial charge in [-0.25, -0.2) is 0 Å². The number of benzene rings is 4. The van der Waals surface area contributed by atoms with Crippen molar-refractivity contribution in [3.05, 3.63) is 120 Å². The Bertz CT molecular complexity index is 1620. The van der Waals surface area contributed by atoms with Crippen molar-refractivity contribution >= 4 is 22.8 Å². The van der Waals surface area contributed by atoms with Crippen molar-refractivity contribution in [2.75, 3.05) is 6.61 Å². The maximum absolute atomic E-state index is 12.4. The Kier molecular flexibility index (Phi) is 8.26. The van der Waals surface area contributed by atoms with Crippen molar-refractivity contribution < 1.29 is 23.8 Å². The molecule has 0 N–H and O–H groups in total. The lowest BCUT2D eigenvalue weighted by Crippen LogP contribution is -2.07. The standard InChI is InChI=1S/C34H31NO5/c1-3-38-34(37)20-29-22-35(21-25-12-15-30(16-13-25)39-23-26-8-5-4-6-9-26)33-19-28(14-17-32(29)33)27-10-7-11-31(18-27)40-24(2)36/h4-19,22H,3,20-21,23H2,1-2H3. The van der Waals surface area contributed by atoms with Gasteiger partial charge in [-0.05, 0) is 65.1 Å². The first-order valence-electron chi connectivity index (χ1n) is 13.3. The molecule has 202 valence electrons. The molecule has 0 amide bonds. The number of carbonyl (C=O) groups excluding carboxylic acids is 2. The van der Waals surface area contributed by atoms with Gasteiger partial charge in [-0.15, -0.1) is 0 Å². The molecule has 0 radical (unpaired) electrons. The zero-order chi connectivity index (χ0) is 27.9. The van der Waals surface area contributed by atoms with E-state index >= 15 is 0 Å². The largest absolute Gasteiger partial charge is 0.489 e. The minimum absolute atomic E-state index is 0.199. The van der Waals surface area contributed by atoms with Crippen molar-refractivity contribution in [1.82, 2.24) is 4.57 Å². The van der Waals surface area contributed by atoms with Gasteiger partial charge in [0.2, 0.25) is 0 Å². The molecule has 0 unspecified atom stereocenters. The van der Waals surface area contributed by atoms with E-state index in [-0.39, 0.29) is 18.4 Å². The van der Waals surface area contributed by atoms with Gasteiger partial charge < -0.3 is 18.8 Å². The summed E-state index contributed by atoms with van der Waals surface area (Å²) in [5.74, 6) is 0.696. The monoisotopic (exact) mass is 533 g/mol. The first kappa shape index (κ1) is 26.8. The molecular formula is C34H31NO5. The first-order chi connectivity index (χ1) is 19.5. The van der Waals surface area contributed by atoms with Gasteiger partial charge in [-0.3, -0.25) is 9.59 Å². The van der Waals surface area contributed by atoms with Gasteiger partial charge in [0.25, 0.3) is 0 Å². The molecule has 1 aromatic heterocycles. The van der Waals surface area contributed by atoms with Crippen LogP contribution in [0, 0.1) is 0 Å². The molecule has 6 nitrogen and oxygen atoms in total. The number of hydrogen-bond acceptors (Lipinski definition) is 5. The van der Waals surface area contributed by atoms with E-state index in [1.54, 1.807) is 6.07 Å². The molecule has 0 fully saturated rings. The smallest absolute Gasteiger partial charge is 0.310 e. The lowest BCUT2D eigenvalue weighted by atomic mass is 10.0. The van der Waals surface area contributed by atoms with Crippen LogP contribution in [0.1, 0.15) is 30.5 Å². The number of esters is 2. The van der Waals surface area contributed by atoms with E-state index < -0.39 is 0 Å². The Balaban J connectivity index is 1.43. The lowest BCUT2D eigenvalue weighted by molar-refractivity contribution is -0.142. The van der Waals surface area contributed by atoms with Gasteiger partial charge in [-0.1, -0.05) is 66.7 Å². The minimum Gasteiger partial charge on any atom is -0.489 e. The van der Waals surface area contributed by atoms with Crippen molar-refractivity contribution in [3.8, 4) is 22.6 Å². The molecule has 0 atom stereocenters. The minimum atomic E-state index is -0.360. The number of rotatable bonds is 10. The highest BCUT2D eigenvalue weighted by Gasteiger charge is 2.15. The highest BCUT2D eigenvalue weighted by atomic mass is 16.5. The molecule has 0 spiro atoms. The number of fused-ring (bicyclic) bond motifs is 1. The maximum atomic E-state index is 12.4. The summed E-state index contributed by atoms with van der Waals surface area (Å²) in [4.78, 5) is 23.8. The average Bonchev–Trinajstić information content (AvgIpc) is 3.29. The van der Waals surface area contributed by atoms with Crippen LogP contribution < -0.4 is 9.47 Å². The van der Waals surface area contributed by atoms with Crippen molar-refractivity contribution in [1.29, 1.82) is 0 Å². The number of ether oxygens (including phenoxy) is 3. The van der Waals surface area contributed by atoms with Crippen LogP contribution >= 0.6 is 0 Å². The van der Waals surface area contributed by atoms with Gasteiger partial charge in [-0.2, -0.15) is 0 Å². The Hall–Kier alpha value is -4.84. The topological polar surface area (TPSA) is 66.8 Å². The van der Waals surface area contributed by atoms with Crippen LogP contribution in [-0.2, 0) is 33.9 Å². The van der Waals surface area contributed by atoms with Crippen molar-refractivity contribution in [2.24, 2.45) is 0 Å². The Morgan fingerprint density at radius 1 is 0.775 bits per heavy atom.